The summed E-state index contributed by atoms with van der Waals surface area (Å²) >= 11 is 0. The smallest absolute Gasteiger partial charge is 0.325 e. The van der Waals surface area contributed by atoms with Gasteiger partial charge in [0.05, 0.1) is 6.61 Å². The van der Waals surface area contributed by atoms with Gasteiger partial charge in [-0.05, 0) is 19.1 Å². The van der Waals surface area contributed by atoms with Crippen molar-refractivity contribution in [3.8, 4) is 0 Å². The Kier molecular flexibility index (Phi) is 4.34. The number of benzene rings is 1. The van der Waals surface area contributed by atoms with E-state index in [-0.39, 0.29) is 12.5 Å². The minimum absolute atomic E-state index is 0.107. The van der Waals surface area contributed by atoms with Crippen molar-refractivity contribution in [2.75, 3.05) is 18.5 Å². The van der Waals surface area contributed by atoms with Crippen LogP contribution in [0.1, 0.15) is 17.3 Å². The first-order valence-corrected chi connectivity index (χ1v) is 4.71. The van der Waals surface area contributed by atoms with E-state index >= 15 is 0 Å². The zero-order chi connectivity index (χ0) is 11.1. The molecule has 4 heteroatoms. The van der Waals surface area contributed by atoms with Crippen LogP contribution >= 0.6 is 0 Å². The lowest BCUT2D eigenvalue weighted by atomic mass is 10.2. The minimum atomic E-state index is -0.311. The highest BCUT2D eigenvalue weighted by atomic mass is 16.5. The van der Waals surface area contributed by atoms with E-state index in [2.05, 4.69) is 5.32 Å². The van der Waals surface area contributed by atoms with Crippen molar-refractivity contribution in [1.82, 2.24) is 0 Å². The molecule has 0 aliphatic rings. The molecular weight excluding hydrogens is 194 g/mol. The normalized spacial score (nSPS) is 9.40. The quantitative estimate of drug-likeness (QED) is 0.587. The number of nitrogens with one attached hydrogen (secondary N) is 1. The number of anilines is 1. The van der Waals surface area contributed by atoms with E-state index in [1.807, 2.05) is 0 Å². The molecule has 15 heavy (non-hydrogen) atoms. The SMILES string of the molecule is CCOC(=O)CNc1cccc(C=O)c1. The molecule has 1 N–H and O–H groups in total. The second-order valence-corrected chi connectivity index (χ2v) is 2.90. The molecular formula is C11H13NO3. The van der Waals surface area contributed by atoms with Crippen molar-refractivity contribution in [2.24, 2.45) is 0 Å². The summed E-state index contributed by atoms with van der Waals surface area (Å²) in [6, 6.07) is 6.90. The second kappa shape index (κ2) is 5.80. The van der Waals surface area contributed by atoms with Crippen LogP contribution in [-0.2, 0) is 9.53 Å². The molecule has 0 spiro atoms. The van der Waals surface area contributed by atoms with Gasteiger partial charge in [0, 0.05) is 11.3 Å². The van der Waals surface area contributed by atoms with E-state index < -0.39 is 0 Å². The lowest BCUT2D eigenvalue weighted by Gasteiger charge is -2.05. The molecule has 0 aliphatic heterocycles. The Balaban J connectivity index is 2.50. The predicted octanol–water partition coefficient (Wildman–Crippen LogP) is 1.47. The average Bonchev–Trinajstić information content (AvgIpc) is 2.27. The standard InChI is InChI=1S/C11H13NO3/c1-2-15-11(14)7-12-10-5-3-4-9(6-10)8-13/h3-6,8,12H,2,7H2,1H3. The third-order valence-corrected chi connectivity index (χ3v) is 1.76. The largest absolute Gasteiger partial charge is 0.465 e. The summed E-state index contributed by atoms with van der Waals surface area (Å²) in [5, 5.41) is 2.87. The maximum absolute atomic E-state index is 11.0. The van der Waals surface area contributed by atoms with Gasteiger partial charge in [-0.1, -0.05) is 12.1 Å². The van der Waals surface area contributed by atoms with Crippen molar-refractivity contribution in [3.63, 3.8) is 0 Å². The fraction of sp³-hybridized carbons (Fsp3) is 0.273. The molecule has 0 amide bonds. The summed E-state index contributed by atoms with van der Waals surface area (Å²) in [6.45, 7) is 2.23. The van der Waals surface area contributed by atoms with Gasteiger partial charge in [0.15, 0.2) is 0 Å². The van der Waals surface area contributed by atoms with Crippen molar-refractivity contribution < 1.29 is 14.3 Å². The molecule has 0 radical (unpaired) electrons. The zero-order valence-corrected chi connectivity index (χ0v) is 8.53. The molecule has 1 rings (SSSR count). The molecule has 0 heterocycles. The second-order valence-electron chi connectivity index (χ2n) is 2.90. The topological polar surface area (TPSA) is 55.4 Å². The highest BCUT2D eigenvalue weighted by molar-refractivity contribution is 5.78. The number of esters is 1. The number of ether oxygens (including phenoxy) is 1. The van der Waals surface area contributed by atoms with E-state index in [1.54, 1.807) is 31.2 Å². The summed E-state index contributed by atoms with van der Waals surface area (Å²) in [4.78, 5) is 21.5. The van der Waals surface area contributed by atoms with Crippen LogP contribution in [0, 0.1) is 0 Å². The number of carbonyl (C=O) groups is 2. The lowest BCUT2D eigenvalue weighted by Crippen LogP contribution is -2.16. The van der Waals surface area contributed by atoms with Crippen LogP contribution in [0.15, 0.2) is 24.3 Å². The number of aldehydes is 1. The van der Waals surface area contributed by atoms with Gasteiger partial charge in [-0.15, -0.1) is 0 Å². The van der Waals surface area contributed by atoms with Crippen LogP contribution in [0.2, 0.25) is 0 Å². The maximum atomic E-state index is 11.0. The first-order valence-electron chi connectivity index (χ1n) is 4.71. The molecule has 0 bridgehead atoms. The van der Waals surface area contributed by atoms with E-state index in [4.69, 9.17) is 4.74 Å². The van der Waals surface area contributed by atoms with Crippen molar-refractivity contribution >= 4 is 17.9 Å². The van der Waals surface area contributed by atoms with Gasteiger partial charge < -0.3 is 10.1 Å². The van der Waals surface area contributed by atoms with Crippen molar-refractivity contribution in [1.29, 1.82) is 0 Å². The van der Waals surface area contributed by atoms with Crippen LogP contribution in [0.4, 0.5) is 5.69 Å². The van der Waals surface area contributed by atoms with E-state index in [9.17, 15) is 9.59 Å². The highest BCUT2D eigenvalue weighted by Crippen LogP contribution is 2.08. The summed E-state index contributed by atoms with van der Waals surface area (Å²) in [6.07, 6.45) is 0.759. The van der Waals surface area contributed by atoms with Crippen LogP contribution < -0.4 is 5.32 Å². The van der Waals surface area contributed by atoms with Crippen LogP contribution in [0.25, 0.3) is 0 Å². The number of rotatable bonds is 5. The van der Waals surface area contributed by atoms with Gasteiger partial charge in [-0.2, -0.15) is 0 Å². The molecule has 4 nitrogen and oxygen atoms in total. The molecule has 0 unspecified atom stereocenters. The predicted molar refractivity (Wildman–Crippen MR) is 57.0 cm³/mol. The lowest BCUT2D eigenvalue weighted by molar-refractivity contribution is -0.140. The van der Waals surface area contributed by atoms with Crippen molar-refractivity contribution in [2.45, 2.75) is 6.92 Å². The molecule has 0 atom stereocenters. The van der Waals surface area contributed by atoms with Gasteiger partial charge >= 0.3 is 5.97 Å². The van der Waals surface area contributed by atoms with Crippen LogP contribution in [0.5, 0.6) is 0 Å². The Hall–Kier alpha value is -1.84. The molecule has 0 aromatic heterocycles. The monoisotopic (exact) mass is 207 g/mol. The Labute approximate surface area is 88.2 Å². The molecule has 0 fully saturated rings. The van der Waals surface area contributed by atoms with Crippen molar-refractivity contribution in [3.05, 3.63) is 29.8 Å². The molecule has 80 valence electrons. The molecule has 0 saturated carbocycles. The minimum Gasteiger partial charge on any atom is -0.465 e. The molecule has 1 aromatic carbocycles. The van der Waals surface area contributed by atoms with Crippen LogP contribution in [-0.4, -0.2) is 25.4 Å². The first kappa shape index (κ1) is 11.2. The van der Waals surface area contributed by atoms with E-state index in [0.29, 0.717) is 12.2 Å². The Morgan fingerprint density at radius 3 is 3.00 bits per heavy atom. The third-order valence-electron chi connectivity index (χ3n) is 1.76. The van der Waals surface area contributed by atoms with Gasteiger partial charge in [-0.25, -0.2) is 0 Å². The first-order chi connectivity index (χ1) is 7.26. The van der Waals surface area contributed by atoms with Gasteiger partial charge in [0.25, 0.3) is 0 Å². The summed E-state index contributed by atoms with van der Waals surface area (Å²) < 4.78 is 4.75. The summed E-state index contributed by atoms with van der Waals surface area (Å²) in [7, 11) is 0. The Morgan fingerprint density at radius 2 is 2.33 bits per heavy atom. The Morgan fingerprint density at radius 1 is 1.53 bits per heavy atom. The fourth-order valence-electron chi connectivity index (χ4n) is 1.11. The Bertz CT molecular complexity index is 349. The van der Waals surface area contributed by atoms with Gasteiger partial charge in [0.1, 0.15) is 12.8 Å². The molecule has 0 aliphatic carbocycles. The van der Waals surface area contributed by atoms with Gasteiger partial charge in [-0.3, -0.25) is 9.59 Å². The summed E-state index contributed by atoms with van der Waals surface area (Å²) in [5.74, 6) is -0.311. The summed E-state index contributed by atoms with van der Waals surface area (Å²) in [5.41, 5.74) is 1.30. The fourth-order valence-corrected chi connectivity index (χ4v) is 1.11. The molecule has 1 aromatic rings. The maximum Gasteiger partial charge on any atom is 0.325 e. The molecule has 0 saturated heterocycles. The van der Waals surface area contributed by atoms with E-state index in [1.165, 1.54) is 0 Å². The van der Waals surface area contributed by atoms with E-state index in [0.717, 1.165) is 12.0 Å². The average molecular weight is 207 g/mol. The van der Waals surface area contributed by atoms with Gasteiger partial charge in [0.2, 0.25) is 0 Å². The number of hydrogen-bond donors (Lipinski definition) is 1. The van der Waals surface area contributed by atoms with Crippen LogP contribution in [0.3, 0.4) is 0 Å². The number of carbonyl (C=O) groups excluding carboxylic acids is 2. The number of hydrogen-bond acceptors (Lipinski definition) is 4. The zero-order valence-electron chi connectivity index (χ0n) is 8.53. The third kappa shape index (κ3) is 3.81. The highest BCUT2D eigenvalue weighted by Gasteiger charge is 2.01.